The van der Waals surface area contributed by atoms with Crippen molar-refractivity contribution < 1.29 is 0 Å². The van der Waals surface area contributed by atoms with Gasteiger partial charge in [-0.3, -0.25) is 0 Å². The summed E-state index contributed by atoms with van der Waals surface area (Å²) in [6.45, 7) is 2.02. The maximum absolute atomic E-state index is 6.19. The van der Waals surface area contributed by atoms with Gasteiger partial charge < -0.3 is 10.2 Å². The third kappa shape index (κ3) is 2.45. The van der Waals surface area contributed by atoms with Gasteiger partial charge in [0.05, 0.1) is 15.7 Å². The van der Waals surface area contributed by atoms with E-state index < -0.39 is 0 Å². The summed E-state index contributed by atoms with van der Waals surface area (Å²) in [4.78, 5) is 2.28. The fraction of sp³-hybridized carbons (Fsp3) is 0.500. The summed E-state index contributed by atoms with van der Waals surface area (Å²) >= 11 is 12.4. The number of hydrogen-bond donors (Lipinski definition) is 1. The van der Waals surface area contributed by atoms with Crippen LogP contribution in [-0.2, 0) is 0 Å². The van der Waals surface area contributed by atoms with Gasteiger partial charge in [0.25, 0.3) is 0 Å². The van der Waals surface area contributed by atoms with Crippen molar-refractivity contribution in [3.63, 3.8) is 0 Å². The van der Waals surface area contributed by atoms with Crippen molar-refractivity contribution in [1.82, 2.24) is 5.32 Å². The van der Waals surface area contributed by atoms with E-state index >= 15 is 0 Å². The third-order valence-electron chi connectivity index (χ3n) is 3.16. The first-order chi connectivity index (χ1) is 7.72. The zero-order valence-electron chi connectivity index (χ0n) is 9.34. The number of nitrogens with zero attached hydrogens (tertiary/aromatic N) is 1. The lowest BCUT2D eigenvalue weighted by molar-refractivity contribution is 0.442. The van der Waals surface area contributed by atoms with Crippen LogP contribution in [0.15, 0.2) is 18.2 Å². The van der Waals surface area contributed by atoms with Crippen molar-refractivity contribution in [2.75, 3.05) is 25.0 Å². The molecule has 0 bridgehead atoms. The molecule has 2 nitrogen and oxygen atoms in total. The molecule has 1 aliphatic heterocycles. The summed E-state index contributed by atoms with van der Waals surface area (Å²) in [6.07, 6.45) is 2.27. The lowest BCUT2D eigenvalue weighted by Crippen LogP contribution is -2.41. The summed E-state index contributed by atoms with van der Waals surface area (Å²) in [7, 11) is 2.02. The normalized spacial score (nSPS) is 17.8. The summed E-state index contributed by atoms with van der Waals surface area (Å²) in [5.74, 6) is 0. The Hall–Kier alpha value is -0.440. The molecule has 0 amide bonds. The number of benzene rings is 1. The minimum atomic E-state index is 0.623. The third-order valence-corrected chi connectivity index (χ3v) is 3.77. The van der Waals surface area contributed by atoms with Crippen LogP contribution < -0.4 is 10.2 Å². The van der Waals surface area contributed by atoms with Crippen LogP contribution in [0, 0.1) is 0 Å². The predicted molar refractivity (Wildman–Crippen MR) is 70.8 cm³/mol. The first kappa shape index (κ1) is 12.0. The van der Waals surface area contributed by atoms with Crippen molar-refractivity contribution in [2.24, 2.45) is 0 Å². The smallest absolute Gasteiger partial charge is 0.0744 e. The number of nitrogens with one attached hydrogen (secondary N) is 1. The Kier molecular flexibility index (Phi) is 3.95. The van der Waals surface area contributed by atoms with Gasteiger partial charge >= 0.3 is 0 Å². The number of hydrogen-bond acceptors (Lipinski definition) is 2. The zero-order valence-corrected chi connectivity index (χ0v) is 10.9. The maximum Gasteiger partial charge on any atom is 0.0744 e. The minimum Gasteiger partial charge on any atom is -0.369 e. The van der Waals surface area contributed by atoms with E-state index in [4.69, 9.17) is 23.2 Å². The molecule has 1 N–H and O–H groups in total. The number of rotatable bonds is 2. The quantitative estimate of drug-likeness (QED) is 0.877. The van der Waals surface area contributed by atoms with Gasteiger partial charge in [-0.05, 0) is 32.0 Å². The Morgan fingerprint density at radius 1 is 1.19 bits per heavy atom. The van der Waals surface area contributed by atoms with Crippen LogP contribution in [0.25, 0.3) is 0 Å². The molecule has 1 aliphatic rings. The van der Waals surface area contributed by atoms with Gasteiger partial charge in [-0.2, -0.15) is 0 Å². The van der Waals surface area contributed by atoms with Crippen molar-refractivity contribution >= 4 is 28.9 Å². The molecule has 4 heteroatoms. The molecule has 2 rings (SSSR count). The van der Waals surface area contributed by atoms with E-state index in [2.05, 4.69) is 10.2 Å². The van der Waals surface area contributed by atoms with E-state index in [9.17, 15) is 0 Å². The van der Waals surface area contributed by atoms with Gasteiger partial charge in [0, 0.05) is 19.1 Å². The molecule has 1 aromatic carbocycles. The summed E-state index contributed by atoms with van der Waals surface area (Å²) in [6, 6.07) is 6.30. The number of para-hydroxylation sites is 1. The first-order valence-corrected chi connectivity index (χ1v) is 6.34. The fourth-order valence-corrected chi connectivity index (χ4v) is 2.82. The second-order valence-electron chi connectivity index (χ2n) is 4.12. The Labute approximate surface area is 107 Å². The highest BCUT2D eigenvalue weighted by atomic mass is 35.5. The molecule has 0 radical (unpaired) electrons. The molecule has 0 aromatic heterocycles. The van der Waals surface area contributed by atoms with Crippen molar-refractivity contribution in [2.45, 2.75) is 18.9 Å². The molecular weight excluding hydrogens is 243 g/mol. The number of anilines is 1. The molecule has 0 saturated carbocycles. The van der Waals surface area contributed by atoms with Gasteiger partial charge in [0.15, 0.2) is 0 Å². The highest BCUT2D eigenvalue weighted by Gasteiger charge is 2.21. The summed E-state index contributed by atoms with van der Waals surface area (Å²) in [5.41, 5.74) is 0.986. The monoisotopic (exact) mass is 258 g/mol. The molecule has 88 valence electrons. The van der Waals surface area contributed by atoms with Gasteiger partial charge in [-0.15, -0.1) is 0 Å². The highest BCUT2D eigenvalue weighted by Crippen LogP contribution is 2.34. The maximum atomic E-state index is 6.19. The largest absolute Gasteiger partial charge is 0.369 e. The van der Waals surface area contributed by atoms with E-state index in [0.717, 1.165) is 41.7 Å². The van der Waals surface area contributed by atoms with Crippen LogP contribution in [0.5, 0.6) is 0 Å². The fourth-order valence-electron chi connectivity index (χ4n) is 2.18. The Bertz CT molecular complexity index is 340. The van der Waals surface area contributed by atoms with Crippen LogP contribution in [0.1, 0.15) is 12.8 Å². The van der Waals surface area contributed by atoms with Crippen LogP contribution in [-0.4, -0.2) is 26.2 Å². The SMILES string of the molecule is CNC1CCN(c2c(Cl)cccc2Cl)CC1. The van der Waals surface area contributed by atoms with E-state index in [1.54, 1.807) is 0 Å². The Morgan fingerprint density at radius 2 is 1.75 bits per heavy atom. The molecule has 0 atom stereocenters. The zero-order chi connectivity index (χ0) is 11.5. The van der Waals surface area contributed by atoms with Crippen LogP contribution in [0.3, 0.4) is 0 Å². The molecule has 0 unspecified atom stereocenters. The van der Waals surface area contributed by atoms with Gasteiger partial charge in [-0.1, -0.05) is 29.3 Å². The van der Waals surface area contributed by atoms with Crippen LogP contribution >= 0.6 is 23.2 Å². The van der Waals surface area contributed by atoms with Crippen LogP contribution in [0.2, 0.25) is 10.0 Å². The Balaban J connectivity index is 2.14. The lowest BCUT2D eigenvalue weighted by Gasteiger charge is -2.34. The standard InChI is InChI=1S/C12H16Cl2N2/c1-15-9-5-7-16(8-6-9)12-10(13)3-2-4-11(12)14/h2-4,9,15H,5-8H2,1H3. The minimum absolute atomic E-state index is 0.623. The van der Waals surface area contributed by atoms with E-state index in [-0.39, 0.29) is 0 Å². The summed E-state index contributed by atoms with van der Waals surface area (Å²) in [5, 5.41) is 4.80. The van der Waals surface area contributed by atoms with E-state index in [1.165, 1.54) is 0 Å². The van der Waals surface area contributed by atoms with Gasteiger partial charge in [-0.25, -0.2) is 0 Å². The molecule has 1 saturated heterocycles. The van der Waals surface area contributed by atoms with Gasteiger partial charge in [0.1, 0.15) is 0 Å². The Morgan fingerprint density at radius 3 is 2.25 bits per heavy atom. The van der Waals surface area contributed by atoms with Crippen LogP contribution in [0.4, 0.5) is 5.69 Å². The second kappa shape index (κ2) is 5.26. The summed E-state index contributed by atoms with van der Waals surface area (Å²) < 4.78 is 0. The molecule has 0 aliphatic carbocycles. The molecule has 16 heavy (non-hydrogen) atoms. The first-order valence-electron chi connectivity index (χ1n) is 5.58. The highest BCUT2D eigenvalue weighted by molar-refractivity contribution is 6.39. The number of piperidine rings is 1. The average Bonchev–Trinajstić information content (AvgIpc) is 2.30. The van der Waals surface area contributed by atoms with Crippen molar-refractivity contribution in [1.29, 1.82) is 0 Å². The number of halogens is 2. The lowest BCUT2D eigenvalue weighted by atomic mass is 10.0. The molecule has 1 aromatic rings. The van der Waals surface area contributed by atoms with Crippen molar-refractivity contribution in [3.8, 4) is 0 Å². The van der Waals surface area contributed by atoms with Gasteiger partial charge in [0.2, 0.25) is 0 Å². The van der Waals surface area contributed by atoms with E-state index in [0.29, 0.717) is 6.04 Å². The molecule has 1 heterocycles. The molecular formula is C12H16Cl2N2. The van der Waals surface area contributed by atoms with Crippen molar-refractivity contribution in [3.05, 3.63) is 28.2 Å². The average molecular weight is 259 g/mol. The topological polar surface area (TPSA) is 15.3 Å². The van der Waals surface area contributed by atoms with E-state index in [1.807, 2.05) is 25.2 Å². The molecule has 0 spiro atoms. The second-order valence-corrected chi connectivity index (χ2v) is 4.93. The predicted octanol–water partition coefficient (Wildman–Crippen LogP) is 3.18. The molecule has 1 fully saturated rings.